The first-order chi connectivity index (χ1) is 9.60. The third-order valence-electron chi connectivity index (χ3n) is 2.79. The molecule has 20 heavy (non-hydrogen) atoms. The Labute approximate surface area is 126 Å². The first-order valence-electron chi connectivity index (χ1n) is 6.40. The predicted molar refractivity (Wildman–Crippen MR) is 80.3 cm³/mol. The Morgan fingerprint density at radius 1 is 1.55 bits per heavy atom. The molecule has 0 radical (unpaired) electrons. The number of carboxylic acids is 1. The molecule has 108 valence electrons. The van der Waals surface area contributed by atoms with Crippen molar-refractivity contribution in [3.63, 3.8) is 0 Å². The SMILES string of the molecule is CCCn1cncc1CSc1nc(C)c(CC(=O)O)s1. The molecule has 0 bridgehead atoms. The van der Waals surface area contributed by atoms with Gasteiger partial charge in [0.25, 0.3) is 0 Å². The Bertz CT molecular complexity index is 592. The number of rotatable bonds is 7. The quantitative estimate of drug-likeness (QED) is 0.796. The summed E-state index contributed by atoms with van der Waals surface area (Å²) in [5, 5.41) is 8.84. The molecule has 0 aliphatic heterocycles. The van der Waals surface area contributed by atoms with E-state index in [0.29, 0.717) is 0 Å². The van der Waals surface area contributed by atoms with Gasteiger partial charge in [0.1, 0.15) is 0 Å². The van der Waals surface area contributed by atoms with Crippen LogP contribution in [0.3, 0.4) is 0 Å². The monoisotopic (exact) mass is 311 g/mol. The molecule has 0 amide bonds. The van der Waals surface area contributed by atoms with Crippen molar-refractivity contribution in [1.29, 1.82) is 0 Å². The van der Waals surface area contributed by atoms with Gasteiger partial charge in [-0.25, -0.2) is 9.97 Å². The van der Waals surface area contributed by atoms with E-state index >= 15 is 0 Å². The summed E-state index contributed by atoms with van der Waals surface area (Å²) in [5.74, 6) is -0.00579. The lowest BCUT2D eigenvalue weighted by Gasteiger charge is -2.04. The highest BCUT2D eigenvalue weighted by atomic mass is 32.2. The topological polar surface area (TPSA) is 68.0 Å². The standard InChI is InChI=1S/C13H17N3O2S2/c1-3-4-16-8-14-6-10(16)7-19-13-15-9(2)11(20-13)5-12(17)18/h6,8H,3-5,7H2,1-2H3,(H,17,18). The Morgan fingerprint density at radius 3 is 3.05 bits per heavy atom. The largest absolute Gasteiger partial charge is 0.481 e. The third kappa shape index (κ3) is 3.83. The summed E-state index contributed by atoms with van der Waals surface area (Å²) >= 11 is 3.10. The van der Waals surface area contributed by atoms with Crippen LogP contribution in [-0.2, 0) is 23.5 Å². The highest BCUT2D eigenvalue weighted by molar-refractivity contribution is 8.00. The number of hydrogen-bond donors (Lipinski definition) is 1. The minimum atomic E-state index is -0.811. The first-order valence-corrected chi connectivity index (χ1v) is 8.20. The number of aryl methyl sites for hydroxylation is 2. The molecule has 0 spiro atoms. The first kappa shape index (κ1) is 15.1. The Morgan fingerprint density at radius 2 is 2.35 bits per heavy atom. The van der Waals surface area contributed by atoms with Crippen LogP contribution < -0.4 is 0 Å². The second-order valence-electron chi connectivity index (χ2n) is 4.43. The molecule has 0 aliphatic carbocycles. The zero-order valence-corrected chi connectivity index (χ0v) is 13.1. The lowest BCUT2D eigenvalue weighted by molar-refractivity contribution is -0.136. The van der Waals surface area contributed by atoms with Gasteiger partial charge in [-0.1, -0.05) is 18.7 Å². The smallest absolute Gasteiger partial charge is 0.308 e. The molecule has 0 fully saturated rings. The number of carbonyl (C=O) groups is 1. The summed E-state index contributed by atoms with van der Waals surface area (Å²) in [7, 11) is 0. The Hall–Kier alpha value is -1.34. The summed E-state index contributed by atoms with van der Waals surface area (Å²) in [6.45, 7) is 4.97. The highest BCUT2D eigenvalue weighted by Gasteiger charge is 2.12. The van der Waals surface area contributed by atoms with Gasteiger partial charge < -0.3 is 9.67 Å². The molecule has 0 aliphatic rings. The van der Waals surface area contributed by atoms with E-state index in [9.17, 15) is 4.79 Å². The average Bonchev–Trinajstić information content (AvgIpc) is 2.95. The fourth-order valence-electron chi connectivity index (χ4n) is 1.81. The normalized spacial score (nSPS) is 10.9. The van der Waals surface area contributed by atoms with Gasteiger partial charge in [-0.2, -0.15) is 0 Å². The second kappa shape index (κ2) is 6.90. The summed E-state index contributed by atoms with van der Waals surface area (Å²) in [6, 6.07) is 0. The van der Waals surface area contributed by atoms with Gasteiger partial charge in [0, 0.05) is 29.1 Å². The van der Waals surface area contributed by atoms with Gasteiger partial charge in [0.2, 0.25) is 0 Å². The van der Waals surface area contributed by atoms with E-state index in [4.69, 9.17) is 5.11 Å². The van der Waals surface area contributed by atoms with Crippen molar-refractivity contribution < 1.29 is 9.90 Å². The minimum absolute atomic E-state index is 0.0534. The number of nitrogens with zero attached hydrogens (tertiary/aromatic N) is 3. The average molecular weight is 311 g/mol. The molecule has 2 aromatic rings. The van der Waals surface area contributed by atoms with Gasteiger partial charge in [-0.3, -0.25) is 4.79 Å². The fraction of sp³-hybridized carbons (Fsp3) is 0.462. The lowest BCUT2D eigenvalue weighted by Crippen LogP contribution is -1.99. The number of aromatic nitrogens is 3. The second-order valence-corrected chi connectivity index (χ2v) is 6.73. The summed E-state index contributed by atoms with van der Waals surface area (Å²) in [5.41, 5.74) is 1.99. The van der Waals surface area contributed by atoms with Crippen molar-refractivity contribution in [1.82, 2.24) is 14.5 Å². The van der Waals surface area contributed by atoms with Gasteiger partial charge >= 0.3 is 5.97 Å². The number of thioether (sulfide) groups is 1. The summed E-state index contributed by atoms with van der Waals surface area (Å²) < 4.78 is 3.06. The fourth-order valence-corrected chi connectivity index (χ4v) is 4.02. The maximum Gasteiger partial charge on any atom is 0.308 e. The highest BCUT2D eigenvalue weighted by Crippen LogP contribution is 2.29. The molecule has 0 saturated heterocycles. The number of hydrogen-bond acceptors (Lipinski definition) is 5. The van der Waals surface area contributed by atoms with Crippen LogP contribution in [-0.4, -0.2) is 25.6 Å². The van der Waals surface area contributed by atoms with Crippen LogP contribution in [0.5, 0.6) is 0 Å². The molecular weight excluding hydrogens is 294 g/mol. The van der Waals surface area contributed by atoms with E-state index in [1.165, 1.54) is 17.0 Å². The van der Waals surface area contributed by atoms with E-state index < -0.39 is 5.97 Å². The summed E-state index contributed by atoms with van der Waals surface area (Å²) in [4.78, 5) is 20.2. The van der Waals surface area contributed by atoms with Crippen LogP contribution in [0.4, 0.5) is 0 Å². The van der Waals surface area contributed by atoms with E-state index in [2.05, 4.69) is 21.5 Å². The minimum Gasteiger partial charge on any atom is -0.481 e. The van der Waals surface area contributed by atoms with Crippen LogP contribution in [0, 0.1) is 6.92 Å². The van der Waals surface area contributed by atoms with Crippen molar-refractivity contribution in [2.75, 3.05) is 0 Å². The van der Waals surface area contributed by atoms with Crippen molar-refractivity contribution in [3.8, 4) is 0 Å². The molecule has 0 saturated carbocycles. The zero-order valence-electron chi connectivity index (χ0n) is 11.5. The molecule has 7 heteroatoms. The van der Waals surface area contributed by atoms with Crippen molar-refractivity contribution in [2.45, 2.75) is 43.3 Å². The molecule has 1 N–H and O–H groups in total. The molecule has 0 aromatic carbocycles. The molecule has 0 unspecified atom stereocenters. The number of thiazole rings is 1. The molecule has 2 rings (SSSR count). The van der Waals surface area contributed by atoms with E-state index in [-0.39, 0.29) is 6.42 Å². The predicted octanol–water partition coefficient (Wildman–Crippen LogP) is 2.98. The number of carboxylic acid groups (broad SMARTS) is 1. The van der Waals surface area contributed by atoms with Crippen LogP contribution in [0.25, 0.3) is 0 Å². The molecule has 5 nitrogen and oxygen atoms in total. The van der Waals surface area contributed by atoms with Crippen LogP contribution in [0.1, 0.15) is 29.6 Å². The van der Waals surface area contributed by atoms with Gasteiger partial charge in [0.05, 0.1) is 18.4 Å². The van der Waals surface area contributed by atoms with Crippen molar-refractivity contribution >= 4 is 29.1 Å². The van der Waals surface area contributed by atoms with Crippen LogP contribution in [0.2, 0.25) is 0 Å². The van der Waals surface area contributed by atoms with Crippen LogP contribution >= 0.6 is 23.1 Å². The van der Waals surface area contributed by atoms with Gasteiger partial charge in [-0.05, 0) is 13.3 Å². The Kier molecular flexibility index (Phi) is 5.19. The maximum atomic E-state index is 10.8. The summed E-state index contributed by atoms with van der Waals surface area (Å²) in [6.07, 6.45) is 4.86. The zero-order chi connectivity index (χ0) is 14.5. The third-order valence-corrected chi connectivity index (χ3v) is 5.13. The van der Waals surface area contributed by atoms with E-state index in [1.807, 2.05) is 19.4 Å². The number of imidazole rings is 1. The molecular formula is C13H17N3O2S2. The molecule has 0 atom stereocenters. The van der Waals surface area contributed by atoms with Crippen molar-refractivity contribution in [3.05, 3.63) is 28.8 Å². The maximum absolute atomic E-state index is 10.8. The van der Waals surface area contributed by atoms with E-state index in [1.54, 1.807) is 11.8 Å². The van der Waals surface area contributed by atoms with Crippen LogP contribution in [0.15, 0.2) is 16.9 Å². The van der Waals surface area contributed by atoms with Crippen molar-refractivity contribution in [2.24, 2.45) is 0 Å². The van der Waals surface area contributed by atoms with E-state index in [0.717, 1.165) is 33.6 Å². The number of aliphatic carboxylic acids is 1. The lowest BCUT2D eigenvalue weighted by atomic mass is 10.3. The Balaban J connectivity index is 2.00. The molecule has 2 heterocycles. The van der Waals surface area contributed by atoms with Gasteiger partial charge in [0.15, 0.2) is 4.34 Å². The van der Waals surface area contributed by atoms with Gasteiger partial charge in [-0.15, -0.1) is 11.3 Å². The molecule has 2 aromatic heterocycles.